The second-order valence-corrected chi connectivity index (χ2v) is 22.4. The average molecular weight is 843 g/mol. The molecule has 0 spiro atoms. The monoisotopic (exact) mass is 843 g/mol. The van der Waals surface area contributed by atoms with Crippen molar-refractivity contribution in [1.82, 2.24) is 9.55 Å². The van der Waals surface area contributed by atoms with Gasteiger partial charge in [-0.2, -0.15) is 0 Å². The van der Waals surface area contributed by atoms with Crippen molar-refractivity contribution in [3.05, 3.63) is 191 Å². The molecule has 64 heavy (non-hydrogen) atoms. The fraction of sp³-hybridized carbons (Fsp3) is 0.317. The third-order valence-corrected chi connectivity index (χ3v) is 14.1. The van der Waals surface area contributed by atoms with Crippen LogP contribution in [0, 0.1) is 0 Å². The van der Waals surface area contributed by atoms with Crippen LogP contribution in [0.5, 0.6) is 0 Å². The van der Waals surface area contributed by atoms with Gasteiger partial charge in [0.1, 0.15) is 12.5 Å². The first-order valence-corrected chi connectivity index (χ1v) is 23.1. The van der Waals surface area contributed by atoms with Crippen LogP contribution >= 0.6 is 0 Å². The molecule has 2 aromatic heterocycles. The number of aromatic nitrogens is 2. The fourth-order valence-corrected chi connectivity index (χ4v) is 9.58. The van der Waals surface area contributed by atoms with Crippen molar-refractivity contribution in [3.63, 3.8) is 0 Å². The normalized spacial score (nSPS) is 13.9. The number of anilines is 4. The van der Waals surface area contributed by atoms with Crippen molar-refractivity contribution < 1.29 is 0 Å². The molecule has 326 valence electrons. The first-order chi connectivity index (χ1) is 30.1. The molecule has 0 fully saturated rings. The molecule has 3 heterocycles. The molecule has 8 aromatic rings. The lowest BCUT2D eigenvalue weighted by Crippen LogP contribution is -2.27. The van der Waals surface area contributed by atoms with Crippen LogP contribution in [0.3, 0.4) is 0 Å². The Bertz CT molecular complexity index is 3000. The molecular weight excluding hydrogens is 777 g/mol. The van der Waals surface area contributed by atoms with Gasteiger partial charge in [0.15, 0.2) is 0 Å². The maximum Gasteiger partial charge on any atom is 0.137 e. The minimum absolute atomic E-state index is 0.00142. The zero-order chi connectivity index (χ0) is 45.6. The second-order valence-electron chi connectivity index (χ2n) is 22.4. The number of hydrogen-bond acceptors (Lipinski definition) is 3. The van der Waals surface area contributed by atoms with Crippen molar-refractivity contribution in [1.29, 1.82) is 0 Å². The summed E-state index contributed by atoms with van der Waals surface area (Å²) in [5.74, 6) is 0.947. The van der Waals surface area contributed by atoms with Crippen LogP contribution in [0.4, 0.5) is 22.7 Å². The second kappa shape index (κ2) is 15.3. The van der Waals surface area contributed by atoms with Crippen LogP contribution in [0.15, 0.2) is 152 Å². The van der Waals surface area contributed by atoms with E-state index in [0.717, 1.165) is 5.82 Å². The molecule has 0 saturated heterocycles. The summed E-state index contributed by atoms with van der Waals surface area (Å²) in [6.07, 6.45) is 1.97. The highest BCUT2D eigenvalue weighted by Gasteiger charge is 2.34. The van der Waals surface area contributed by atoms with Gasteiger partial charge in [0.2, 0.25) is 0 Å². The minimum atomic E-state index is -0.366. The van der Waals surface area contributed by atoms with Crippen LogP contribution in [-0.2, 0) is 27.1 Å². The Balaban J connectivity index is 1.22. The van der Waals surface area contributed by atoms with Crippen molar-refractivity contribution in [2.45, 2.75) is 117 Å². The third kappa shape index (κ3) is 7.59. The van der Waals surface area contributed by atoms with Crippen LogP contribution in [0.25, 0.3) is 27.6 Å². The summed E-state index contributed by atoms with van der Waals surface area (Å²) in [6.45, 7) is 31.0. The first-order valence-electron chi connectivity index (χ1n) is 23.1. The highest BCUT2D eigenvalue weighted by atomic mass is 15.4. The van der Waals surface area contributed by atoms with E-state index in [1.165, 1.54) is 83.5 Å². The highest BCUT2D eigenvalue weighted by molar-refractivity contribution is 6.09. The number of fused-ring (bicyclic) bond motifs is 4. The van der Waals surface area contributed by atoms with Gasteiger partial charge in [0.05, 0.1) is 22.4 Å². The summed E-state index contributed by atoms with van der Waals surface area (Å²) in [7, 11) is 0. The maximum absolute atomic E-state index is 5.00. The van der Waals surface area contributed by atoms with Crippen LogP contribution in [-0.4, -0.2) is 16.2 Å². The molecule has 0 amide bonds. The van der Waals surface area contributed by atoms with Crippen molar-refractivity contribution in [2.24, 2.45) is 0 Å². The Morgan fingerprint density at radius 1 is 0.375 bits per heavy atom. The standard InChI is InChI=1S/C60H66N4/c1-56(2,3)41-29-30-61-55(38-41)64-51-24-18-17-23-49(51)50-28-27-42(37-54(50)64)60(12,13)46-32-45(59(10,11)40-21-15-14-16-22-40)35-48(36-46)63-39-62(52-25-19-20-26-53(52)63)47-33-43(57(4,5)6)31-44(34-47)58(7,8)9/h14-38H,39H2,1-13H3. The minimum Gasteiger partial charge on any atom is -0.321 e. The highest BCUT2D eigenvalue weighted by Crippen LogP contribution is 2.48. The molecule has 0 N–H and O–H groups in total. The quantitative estimate of drug-likeness (QED) is 0.160. The van der Waals surface area contributed by atoms with E-state index in [1.54, 1.807) is 0 Å². The average Bonchev–Trinajstić information content (AvgIpc) is 3.82. The predicted octanol–water partition coefficient (Wildman–Crippen LogP) is 16.0. The molecule has 1 aliphatic heterocycles. The molecule has 0 bridgehead atoms. The van der Waals surface area contributed by atoms with E-state index >= 15 is 0 Å². The number of nitrogens with zero attached hydrogens (tertiary/aromatic N) is 4. The fourth-order valence-electron chi connectivity index (χ4n) is 9.58. The molecule has 4 heteroatoms. The Kier molecular flexibility index (Phi) is 10.3. The van der Waals surface area contributed by atoms with E-state index in [9.17, 15) is 0 Å². The Hall–Kier alpha value is -6.13. The number of hydrogen-bond donors (Lipinski definition) is 0. The summed E-state index contributed by atoms with van der Waals surface area (Å²) in [5, 5.41) is 2.47. The van der Waals surface area contributed by atoms with Crippen LogP contribution < -0.4 is 9.80 Å². The van der Waals surface area contributed by atoms with Crippen molar-refractivity contribution in [3.8, 4) is 5.82 Å². The zero-order valence-corrected chi connectivity index (χ0v) is 40.4. The SMILES string of the molecule is CC(C)(C)c1cc(N2CN(c3cc(C(C)(C)c4ccccc4)cc(C(C)(C)c4ccc5c6ccccc6n(-c6cc(C(C)(C)C)ccn6)c5c4)c3)c3ccccc32)cc(C(C)(C)C)c1. The number of para-hydroxylation sites is 3. The number of pyridine rings is 1. The van der Waals surface area contributed by atoms with Crippen LogP contribution in [0.1, 0.15) is 129 Å². The van der Waals surface area contributed by atoms with Gasteiger partial charge in [-0.3, -0.25) is 4.57 Å². The molecule has 4 nitrogen and oxygen atoms in total. The van der Waals surface area contributed by atoms with Gasteiger partial charge >= 0.3 is 0 Å². The molecule has 0 atom stereocenters. The topological polar surface area (TPSA) is 24.3 Å². The zero-order valence-electron chi connectivity index (χ0n) is 40.4. The van der Waals surface area contributed by atoms with Crippen molar-refractivity contribution in [2.75, 3.05) is 16.5 Å². The summed E-state index contributed by atoms with van der Waals surface area (Å²) >= 11 is 0. The molecule has 6 aromatic carbocycles. The van der Waals surface area contributed by atoms with Crippen LogP contribution in [0.2, 0.25) is 0 Å². The van der Waals surface area contributed by atoms with Gasteiger partial charge in [0, 0.05) is 39.2 Å². The number of rotatable bonds is 7. The predicted molar refractivity (Wildman–Crippen MR) is 274 cm³/mol. The van der Waals surface area contributed by atoms with Gasteiger partial charge in [-0.25, -0.2) is 4.98 Å². The molecule has 0 radical (unpaired) electrons. The Morgan fingerprint density at radius 3 is 1.44 bits per heavy atom. The lowest BCUT2D eigenvalue weighted by Gasteiger charge is -2.33. The van der Waals surface area contributed by atoms with Gasteiger partial charge in [0.25, 0.3) is 0 Å². The molecule has 9 rings (SSSR count). The molecule has 1 aliphatic rings. The van der Waals surface area contributed by atoms with Gasteiger partial charge in [-0.1, -0.05) is 175 Å². The Morgan fingerprint density at radius 2 is 0.859 bits per heavy atom. The number of benzene rings is 6. The summed E-state index contributed by atoms with van der Waals surface area (Å²) < 4.78 is 2.37. The summed E-state index contributed by atoms with van der Waals surface area (Å²) in [6, 6.07) is 54.9. The van der Waals surface area contributed by atoms with Gasteiger partial charge in [-0.15, -0.1) is 0 Å². The van der Waals surface area contributed by atoms with E-state index in [4.69, 9.17) is 4.98 Å². The summed E-state index contributed by atoms with van der Waals surface area (Å²) in [5.41, 5.74) is 15.7. The van der Waals surface area contributed by atoms with E-state index in [1.807, 2.05) is 6.20 Å². The van der Waals surface area contributed by atoms with E-state index < -0.39 is 0 Å². The lowest BCUT2D eigenvalue weighted by molar-refractivity contribution is 0.568. The van der Waals surface area contributed by atoms with E-state index in [2.05, 4.69) is 250 Å². The lowest BCUT2D eigenvalue weighted by atomic mass is 9.73. The third-order valence-electron chi connectivity index (χ3n) is 14.1. The van der Waals surface area contributed by atoms with E-state index in [-0.39, 0.29) is 27.1 Å². The molecule has 0 unspecified atom stereocenters. The largest absolute Gasteiger partial charge is 0.321 e. The van der Waals surface area contributed by atoms with Gasteiger partial charge < -0.3 is 9.80 Å². The van der Waals surface area contributed by atoms with E-state index in [0.29, 0.717) is 6.67 Å². The Labute approximate surface area is 382 Å². The first kappa shape index (κ1) is 43.1. The summed E-state index contributed by atoms with van der Waals surface area (Å²) in [4.78, 5) is 10.1. The molecule has 0 aliphatic carbocycles. The molecule has 0 saturated carbocycles. The van der Waals surface area contributed by atoms with Crippen molar-refractivity contribution >= 4 is 44.6 Å². The smallest absolute Gasteiger partial charge is 0.137 e. The van der Waals surface area contributed by atoms with Gasteiger partial charge in [-0.05, 0) is 116 Å². The molecular formula is C60H66N4. The maximum atomic E-state index is 5.00.